The first-order chi connectivity index (χ1) is 8.60. The minimum atomic E-state index is -0.755. The summed E-state index contributed by atoms with van der Waals surface area (Å²) >= 11 is 1.62. The third-order valence-electron chi connectivity index (χ3n) is 3.67. The Balaban J connectivity index is 2.51. The van der Waals surface area contributed by atoms with Crippen LogP contribution in [0.4, 0.5) is 0 Å². The second kappa shape index (κ2) is 7.67. The second-order valence-electron chi connectivity index (χ2n) is 5.02. The number of hydrogen-bond acceptors (Lipinski definition) is 3. The van der Waals surface area contributed by atoms with Gasteiger partial charge in [0.05, 0.1) is 5.41 Å². The molecular formula is C13H23NO3S. The van der Waals surface area contributed by atoms with E-state index in [9.17, 15) is 14.7 Å². The number of carboxylic acids is 1. The Hall–Kier alpha value is -0.710. The van der Waals surface area contributed by atoms with E-state index in [2.05, 4.69) is 5.32 Å². The number of hydrogen-bond donors (Lipinski definition) is 2. The molecule has 18 heavy (non-hydrogen) atoms. The molecule has 1 saturated carbocycles. The lowest BCUT2D eigenvalue weighted by atomic mass is 9.80. The molecule has 5 heteroatoms. The molecule has 0 aromatic heterocycles. The van der Waals surface area contributed by atoms with E-state index in [0.717, 1.165) is 31.4 Å². The standard InChI is InChI=1S/C13H23NO3S/c1-18-9-6-11(15)14-10-13(12(16)17)7-4-2-3-5-8-13/h2-10H2,1H3,(H,14,15)(H,16,17). The summed E-state index contributed by atoms with van der Waals surface area (Å²) in [6.45, 7) is 0.287. The van der Waals surface area contributed by atoms with E-state index in [1.807, 2.05) is 6.26 Å². The van der Waals surface area contributed by atoms with Crippen molar-refractivity contribution < 1.29 is 14.7 Å². The summed E-state index contributed by atoms with van der Waals surface area (Å²) in [6.07, 6.45) is 7.91. The van der Waals surface area contributed by atoms with Gasteiger partial charge in [-0.2, -0.15) is 11.8 Å². The van der Waals surface area contributed by atoms with E-state index in [0.29, 0.717) is 19.3 Å². The Morgan fingerprint density at radius 1 is 1.22 bits per heavy atom. The molecule has 2 N–H and O–H groups in total. The first-order valence-corrected chi connectivity index (χ1v) is 7.99. The summed E-state index contributed by atoms with van der Waals surface area (Å²) in [4.78, 5) is 23.1. The number of rotatable bonds is 6. The zero-order valence-corrected chi connectivity index (χ0v) is 11.9. The zero-order valence-electron chi connectivity index (χ0n) is 11.0. The SMILES string of the molecule is CSCCC(=O)NCC1(C(=O)O)CCCCCC1. The first kappa shape index (κ1) is 15.3. The van der Waals surface area contributed by atoms with Crippen molar-refractivity contribution in [2.45, 2.75) is 44.9 Å². The monoisotopic (exact) mass is 273 g/mol. The Kier molecular flexibility index (Phi) is 6.54. The lowest BCUT2D eigenvalue weighted by Crippen LogP contribution is -2.43. The molecule has 1 rings (SSSR count). The van der Waals surface area contributed by atoms with Gasteiger partial charge in [0.25, 0.3) is 0 Å². The predicted octanol–water partition coefficient (Wildman–Crippen LogP) is 2.28. The van der Waals surface area contributed by atoms with Gasteiger partial charge in [0, 0.05) is 18.7 Å². The van der Waals surface area contributed by atoms with Crippen LogP contribution in [0.5, 0.6) is 0 Å². The van der Waals surface area contributed by atoms with Crippen LogP contribution in [0.15, 0.2) is 0 Å². The molecule has 0 saturated heterocycles. The Morgan fingerprint density at radius 2 is 1.83 bits per heavy atom. The van der Waals surface area contributed by atoms with Crippen LogP contribution in [0.25, 0.3) is 0 Å². The molecule has 0 radical (unpaired) electrons. The molecule has 0 aliphatic heterocycles. The minimum absolute atomic E-state index is 0.0331. The zero-order chi connectivity index (χ0) is 13.4. The molecule has 1 amide bonds. The van der Waals surface area contributed by atoms with E-state index in [1.54, 1.807) is 11.8 Å². The molecule has 0 aromatic rings. The molecule has 1 aliphatic carbocycles. The number of nitrogens with one attached hydrogen (secondary N) is 1. The van der Waals surface area contributed by atoms with Crippen LogP contribution < -0.4 is 5.32 Å². The summed E-state index contributed by atoms with van der Waals surface area (Å²) in [7, 11) is 0. The largest absolute Gasteiger partial charge is 0.481 e. The Bertz CT molecular complexity index is 286. The number of aliphatic carboxylic acids is 1. The highest BCUT2D eigenvalue weighted by atomic mass is 32.2. The van der Waals surface area contributed by atoms with Crippen LogP contribution in [0, 0.1) is 5.41 Å². The molecule has 0 atom stereocenters. The number of carboxylic acid groups (broad SMARTS) is 1. The maximum Gasteiger partial charge on any atom is 0.311 e. The highest BCUT2D eigenvalue weighted by Crippen LogP contribution is 2.34. The van der Waals surface area contributed by atoms with Gasteiger partial charge in [-0.05, 0) is 19.1 Å². The second-order valence-corrected chi connectivity index (χ2v) is 6.00. The van der Waals surface area contributed by atoms with Crippen molar-refractivity contribution in [2.24, 2.45) is 5.41 Å². The summed E-state index contributed by atoms with van der Waals surface area (Å²) in [5.74, 6) is -0.00452. The van der Waals surface area contributed by atoms with E-state index in [4.69, 9.17) is 0 Å². The molecule has 1 fully saturated rings. The van der Waals surface area contributed by atoms with Crippen LogP contribution in [0.3, 0.4) is 0 Å². The number of carbonyl (C=O) groups is 2. The fraction of sp³-hybridized carbons (Fsp3) is 0.846. The predicted molar refractivity (Wildman–Crippen MR) is 73.8 cm³/mol. The fourth-order valence-corrected chi connectivity index (χ4v) is 2.81. The van der Waals surface area contributed by atoms with Crippen LogP contribution in [-0.2, 0) is 9.59 Å². The van der Waals surface area contributed by atoms with Gasteiger partial charge in [0.15, 0.2) is 0 Å². The average Bonchev–Trinajstić information content (AvgIpc) is 2.60. The molecule has 0 aromatic carbocycles. The van der Waals surface area contributed by atoms with Crippen LogP contribution >= 0.6 is 11.8 Å². The van der Waals surface area contributed by atoms with Gasteiger partial charge < -0.3 is 10.4 Å². The fourth-order valence-electron chi connectivity index (χ4n) is 2.42. The topological polar surface area (TPSA) is 66.4 Å². The van der Waals surface area contributed by atoms with E-state index < -0.39 is 11.4 Å². The summed E-state index contributed by atoms with van der Waals surface area (Å²) in [6, 6.07) is 0. The lowest BCUT2D eigenvalue weighted by molar-refractivity contribution is -0.149. The maximum atomic E-state index is 11.6. The molecule has 4 nitrogen and oxygen atoms in total. The van der Waals surface area contributed by atoms with E-state index >= 15 is 0 Å². The highest BCUT2D eigenvalue weighted by molar-refractivity contribution is 7.98. The summed E-state index contributed by atoms with van der Waals surface area (Å²) < 4.78 is 0. The number of amides is 1. The third kappa shape index (κ3) is 4.52. The summed E-state index contributed by atoms with van der Waals surface area (Å²) in [5, 5.41) is 12.3. The highest BCUT2D eigenvalue weighted by Gasteiger charge is 2.38. The number of thioether (sulfide) groups is 1. The molecule has 0 bridgehead atoms. The van der Waals surface area contributed by atoms with Crippen molar-refractivity contribution in [3.8, 4) is 0 Å². The van der Waals surface area contributed by atoms with Gasteiger partial charge in [-0.25, -0.2) is 0 Å². The van der Waals surface area contributed by atoms with Crippen molar-refractivity contribution in [3.63, 3.8) is 0 Å². The molecule has 104 valence electrons. The van der Waals surface area contributed by atoms with Crippen molar-refractivity contribution >= 4 is 23.6 Å². The molecule has 0 spiro atoms. The first-order valence-electron chi connectivity index (χ1n) is 6.60. The Morgan fingerprint density at radius 3 is 2.33 bits per heavy atom. The lowest BCUT2D eigenvalue weighted by Gasteiger charge is -2.28. The average molecular weight is 273 g/mol. The van der Waals surface area contributed by atoms with Gasteiger partial charge in [-0.15, -0.1) is 0 Å². The van der Waals surface area contributed by atoms with E-state index in [1.165, 1.54) is 0 Å². The molecule has 1 aliphatic rings. The normalized spacial score (nSPS) is 18.9. The molecule has 0 heterocycles. The van der Waals surface area contributed by atoms with Gasteiger partial charge in [-0.3, -0.25) is 9.59 Å². The van der Waals surface area contributed by atoms with E-state index in [-0.39, 0.29) is 12.5 Å². The van der Waals surface area contributed by atoms with Crippen molar-refractivity contribution in [3.05, 3.63) is 0 Å². The third-order valence-corrected chi connectivity index (χ3v) is 4.28. The van der Waals surface area contributed by atoms with Crippen LogP contribution in [0.1, 0.15) is 44.9 Å². The van der Waals surface area contributed by atoms with Gasteiger partial charge >= 0.3 is 5.97 Å². The van der Waals surface area contributed by atoms with Gasteiger partial charge in [0.2, 0.25) is 5.91 Å². The Labute approximate surface area is 113 Å². The summed E-state index contributed by atoms with van der Waals surface area (Å²) in [5.41, 5.74) is -0.731. The quantitative estimate of drug-likeness (QED) is 0.729. The van der Waals surface area contributed by atoms with Crippen molar-refractivity contribution in [1.29, 1.82) is 0 Å². The van der Waals surface area contributed by atoms with Crippen LogP contribution in [0.2, 0.25) is 0 Å². The van der Waals surface area contributed by atoms with Crippen molar-refractivity contribution in [2.75, 3.05) is 18.6 Å². The van der Waals surface area contributed by atoms with Gasteiger partial charge in [0.1, 0.15) is 0 Å². The molecular weight excluding hydrogens is 250 g/mol. The van der Waals surface area contributed by atoms with Crippen LogP contribution in [-0.4, -0.2) is 35.5 Å². The van der Waals surface area contributed by atoms with Crippen molar-refractivity contribution in [1.82, 2.24) is 5.32 Å². The maximum absolute atomic E-state index is 11.6. The van der Waals surface area contributed by atoms with Gasteiger partial charge in [-0.1, -0.05) is 25.7 Å². The smallest absolute Gasteiger partial charge is 0.311 e. The molecule has 0 unspecified atom stereocenters. The minimum Gasteiger partial charge on any atom is -0.481 e. The number of carbonyl (C=O) groups excluding carboxylic acids is 1.